The average molecular weight is 400 g/mol. The number of ketones is 1. The Morgan fingerprint density at radius 2 is 1.64 bits per heavy atom. The van der Waals surface area contributed by atoms with Gasteiger partial charge in [0.1, 0.15) is 6.04 Å². The van der Waals surface area contributed by atoms with Gasteiger partial charge in [0.2, 0.25) is 11.8 Å². The standard InChI is InChI=1S/C20H20N2O5S/c1-13-3-9-17(10-4-13)28(26,27)22-18(11-12-19(22)24)20(25)21-16-7-5-15(6-8-16)14(2)23/h3-10,18H,11-12H2,1-2H3,(H,21,25)/t18-/m0/s1. The van der Waals surface area contributed by atoms with Crippen molar-refractivity contribution in [2.45, 2.75) is 37.6 Å². The zero-order valence-electron chi connectivity index (χ0n) is 15.5. The van der Waals surface area contributed by atoms with Crippen molar-refractivity contribution in [3.05, 3.63) is 59.7 Å². The fraction of sp³-hybridized carbons (Fsp3) is 0.250. The first-order valence-corrected chi connectivity index (χ1v) is 10.2. The van der Waals surface area contributed by atoms with Gasteiger partial charge in [0, 0.05) is 17.7 Å². The Morgan fingerprint density at radius 3 is 2.21 bits per heavy atom. The number of aryl methyl sites for hydroxylation is 1. The topological polar surface area (TPSA) is 101 Å². The maximum absolute atomic E-state index is 12.9. The number of nitrogens with zero attached hydrogens (tertiary/aromatic N) is 1. The Morgan fingerprint density at radius 1 is 1.04 bits per heavy atom. The first kappa shape index (κ1) is 19.8. The van der Waals surface area contributed by atoms with E-state index in [0.29, 0.717) is 15.6 Å². The molecule has 0 aliphatic carbocycles. The van der Waals surface area contributed by atoms with Gasteiger partial charge in [0.15, 0.2) is 5.78 Å². The van der Waals surface area contributed by atoms with E-state index in [-0.39, 0.29) is 23.5 Å². The van der Waals surface area contributed by atoms with E-state index in [4.69, 9.17) is 0 Å². The Labute approximate surface area is 163 Å². The summed E-state index contributed by atoms with van der Waals surface area (Å²) in [5.74, 6) is -1.29. The molecule has 2 amide bonds. The summed E-state index contributed by atoms with van der Waals surface area (Å²) in [4.78, 5) is 36.3. The van der Waals surface area contributed by atoms with Crippen LogP contribution in [0.15, 0.2) is 53.4 Å². The molecule has 0 spiro atoms. The molecule has 0 saturated carbocycles. The van der Waals surface area contributed by atoms with Gasteiger partial charge in [-0.15, -0.1) is 0 Å². The number of nitrogens with one attached hydrogen (secondary N) is 1. The van der Waals surface area contributed by atoms with Gasteiger partial charge in [-0.2, -0.15) is 0 Å². The quantitative estimate of drug-likeness (QED) is 0.777. The smallest absolute Gasteiger partial charge is 0.267 e. The molecular formula is C20H20N2O5S. The molecule has 2 aromatic carbocycles. The summed E-state index contributed by atoms with van der Waals surface area (Å²) in [6.45, 7) is 3.26. The summed E-state index contributed by atoms with van der Waals surface area (Å²) in [5.41, 5.74) is 1.80. The van der Waals surface area contributed by atoms with Gasteiger partial charge >= 0.3 is 0 Å². The molecule has 146 valence electrons. The first-order valence-electron chi connectivity index (χ1n) is 8.76. The third-order valence-electron chi connectivity index (χ3n) is 4.60. The van der Waals surface area contributed by atoms with E-state index in [1.165, 1.54) is 19.1 Å². The summed E-state index contributed by atoms with van der Waals surface area (Å²) < 4.78 is 26.5. The van der Waals surface area contributed by atoms with Crippen LogP contribution in [0.1, 0.15) is 35.7 Å². The lowest BCUT2D eigenvalue weighted by molar-refractivity contribution is -0.128. The fourth-order valence-electron chi connectivity index (χ4n) is 3.04. The molecular weight excluding hydrogens is 380 g/mol. The van der Waals surface area contributed by atoms with Gasteiger partial charge in [-0.1, -0.05) is 17.7 Å². The van der Waals surface area contributed by atoms with Crippen molar-refractivity contribution in [2.75, 3.05) is 5.32 Å². The molecule has 1 fully saturated rings. The lowest BCUT2D eigenvalue weighted by atomic mass is 10.1. The molecule has 0 aromatic heterocycles. The van der Waals surface area contributed by atoms with E-state index in [1.54, 1.807) is 36.4 Å². The highest BCUT2D eigenvalue weighted by Crippen LogP contribution is 2.28. The van der Waals surface area contributed by atoms with E-state index >= 15 is 0 Å². The number of amides is 2. The normalized spacial score (nSPS) is 16.9. The van der Waals surface area contributed by atoms with Crippen molar-refractivity contribution in [3.8, 4) is 0 Å². The molecule has 1 aliphatic heterocycles. The van der Waals surface area contributed by atoms with Crippen LogP contribution in [0.4, 0.5) is 5.69 Å². The first-order chi connectivity index (χ1) is 13.2. The molecule has 1 heterocycles. The summed E-state index contributed by atoms with van der Waals surface area (Å²) in [6, 6.07) is 11.3. The second-order valence-electron chi connectivity index (χ2n) is 6.68. The average Bonchev–Trinajstić information content (AvgIpc) is 3.05. The van der Waals surface area contributed by atoms with Crippen molar-refractivity contribution in [2.24, 2.45) is 0 Å². The van der Waals surface area contributed by atoms with Crippen molar-refractivity contribution in [1.82, 2.24) is 4.31 Å². The van der Waals surface area contributed by atoms with Crippen LogP contribution in [0.2, 0.25) is 0 Å². The van der Waals surface area contributed by atoms with Crippen LogP contribution in [0, 0.1) is 6.92 Å². The van der Waals surface area contributed by atoms with Crippen LogP contribution in [-0.2, 0) is 19.6 Å². The molecule has 1 saturated heterocycles. The molecule has 8 heteroatoms. The van der Waals surface area contributed by atoms with Gasteiger partial charge in [-0.3, -0.25) is 14.4 Å². The fourth-order valence-corrected chi connectivity index (χ4v) is 4.64. The zero-order chi connectivity index (χ0) is 20.5. The summed E-state index contributed by atoms with van der Waals surface area (Å²) >= 11 is 0. The highest BCUT2D eigenvalue weighted by atomic mass is 32.2. The highest BCUT2D eigenvalue weighted by Gasteiger charge is 2.44. The largest absolute Gasteiger partial charge is 0.324 e. The number of Topliss-reactive ketones (excluding diaryl/α,β-unsaturated/α-hetero) is 1. The van der Waals surface area contributed by atoms with Crippen molar-refractivity contribution >= 4 is 33.3 Å². The van der Waals surface area contributed by atoms with Crippen LogP contribution >= 0.6 is 0 Å². The van der Waals surface area contributed by atoms with Crippen LogP contribution < -0.4 is 5.32 Å². The number of benzene rings is 2. The Balaban J connectivity index is 1.84. The second-order valence-corrected chi connectivity index (χ2v) is 8.50. The Hall–Kier alpha value is -3.00. The lowest BCUT2D eigenvalue weighted by Gasteiger charge is -2.23. The number of sulfonamides is 1. The van der Waals surface area contributed by atoms with E-state index in [9.17, 15) is 22.8 Å². The summed E-state index contributed by atoms with van der Waals surface area (Å²) in [6.07, 6.45) is 0.0910. The molecule has 28 heavy (non-hydrogen) atoms. The highest BCUT2D eigenvalue weighted by molar-refractivity contribution is 7.89. The van der Waals surface area contributed by atoms with Crippen LogP contribution in [-0.4, -0.2) is 36.4 Å². The van der Waals surface area contributed by atoms with Crippen LogP contribution in [0.5, 0.6) is 0 Å². The van der Waals surface area contributed by atoms with E-state index in [2.05, 4.69) is 5.32 Å². The molecule has 0 radical (unpaired) electrons. The predicted molar refractivity (Wildman–Crippen MR) is 103 cm³/mol. The molecule has 2 aromatic rings. The van der Waals surface area contributed by atoms with E-state index < -0.39 is 27.9 Å². The van der Waals surface area contributed by atoms with Gasteiger partial charge < -0.3 is 5.32 Å². The third-order valence-corrected chi connectivity index (χ3v) is 6.44. The number of anilines is 1. The zero-order valence-corrected chi connectivity index (χ0v) is 16.3. The third kappa shape index (κ3) is 3.82. The molecule has 3 rings (SSSR count). The number of carbonyl (C=O) groups is 3. The lowest BCUT2D eigenvalue weighted by Crippen LogP contribution is -2.45. The summed E-state index contributed by atoms with van der Waals surface area (Å²) in [7, 11) is -4.13. The summed E-state index contributed by atoms with van der Waals surface area (Å²) in [5, 5.41) is 2.62. The maximum Gasteiger partial charge on any atom is 0.267 e. The van der Waals surface area contributed by atoms with Crippen LogP contribution in [0.25, 0.3) is 0 Å². The minimum absolute atomic E-state index is 0.0214. The molecule has 1 aliphatic rings. The Kier molecular flexibility index (Phi) is 5.33. The number of hydrogen-bond acceptors (Lipinski definition) is 5. The molecule has 0 bridgehead atoms. The van der Waals surface area contributed by atoms with Crippen molar-refractivity contribution in [3.63, 3.8) is 0 Å². The SMILES string of the molecule is CC(=O)c1ccc(NC(=O)[C@@H]2CCC(=O)N2S(=O)(=O)c2ccc(C)cc2)cc1. The maximum atomic E-state index is 12.9. The second kappa shape index (κ2) is 7.55. The van der Waals surface area contributed by atoms with Gasteiger partial charge in [-0.25, -0.2) is 12.7 Å². The predicted octanol–water partition coefficient (Wildman–Crippen LogP) is 2.52. The van der Waals surface area contributed by atoms with E-state index in [1.807, 2.05) is 6.92 Å². The minimum atomic E-state index is -4.13. The van der Waals surface area contributed by atoms with Gasteiger partial charge in [0.25, 0.3) is 10.0 Å². The minimum Gasteiger partial charge on any atom is -0.324 e. The van der Waals surface area contributed by atoms with E-state index in [0.717, 1.165) is 5.56 Å². The van der Waals surface area contributed by atoms with Crippen LogP contribution in [0.3, 0.4) is 0 Å². The number of hydrogen-bond donors (Lipinski definition) is 1. The molecule has 1 N–H and O–H groups in total. The molecule has 0 unspecified atom stereocenters. The van der Waals surface area contributed by atoms with Gasteiger partial charge in [-0.05, 0) is 56.7 Å². The molecule has 1 atom stereocenters. The Bertz CT molecular complexity index is 1030. The van der Waals surface area contributed by atoms with Crippen molar-refractivity contribution in [1.29, 1.82) is 0 Å². The van der Waals surface area contributed by atoms with Gasteiger partial charge in [0.05, 0.1) is 4.90 Å². The monoisotopic (exact) mass is 400 g/mol. The van der Waals surface area contributed by atoms with Crippen molar-refractivity contribution < 1.29 is 22.8 Å². The number of rotatable bonds is 5. The number of carbonyl (C=O) groups excluding carboxylic acids is 3. The molecule has 7 nitrogen and oxygen atoms in total.